The van der Waals surface area contributed by atoms with Crippen LogP contribution in [0, 0.1) is 6.92 Å². The summed E-state index contributed by atoms with van der Waals surface area (Å²) in [7, 11) is 0. The number of nitrogens with one attached hydrogen (secondary N) is 1. The Bertz CT molecular complexity index is 1080. The first kappa shape index (κ1) is 22.3. The van der Waals surface area contributed by atoms with Gasteiger partial charge in [0.15, 0.2) is 16.8 Å². The number of thioether (sulfide) groups is 1. The van der Waals surface area contributed by atoms with Crippen molar-refractivity contribution in [2.45, 2.75) is 32.2 Å². The van der Waals surface area contributed by atoms with Gasteiger partial charge in [-0.05, 0) is 38.1 Å². The molecule has 0 radical (unpaired) electrons. The third-order valence-corrected chi connectivity index (χ3v) is 5.35. The highest BCUT2D eigenvalue weighted by molar-refractivity contribution is 7.99. The van der Waals surface area contributed by atoms with Crippen LogP contribution in [0.2, 0.25) is 0 Å². The number of benzene rings is 2. The van der Waals surface area contributed by atoms with Gasteiger partial charge in [0, 0.05) is 17.8 Å². The van der Waals surface area contributed by atoms with E-state index in [9.17, 15) is 9.59 Å². The van der Waals surface area contributed by atoms with E-state index in [0.717, 1.165) is 11.3 Å². The van der Waals surface area contributed by atoms with Gasteiger partial charge in [-0.25, -0.2) is 0 Å². The van der Waals surface area contributed by atoms with Crippen LogP contribution >= 0.6 is 11.8 Å². The van der Waals surface area contributed by atoms with E-state index in [2.05, 4.69) is 22.1 Å². The van der Waals surface area contributed by atoms with Crippen LogP contribution in [0.5, 0.6) is 5.75 Å². The van der Waals surface area contributed by atoms with Crippen molar-refractivity contribution < 1.29 is 14.3 Å². The molecule has 0 aliphatic heterocycles. The van der Waals surface area contributed by atoms with Crippen molar-refractivity contribution in [1.29, 1.82) is 0 Å². The van der Waals surface area contributed by atoms with Crippen molar-refractivity contribution in [1.82, 2.24) is 14.8 Å². The molecule has 0 bridgehead atoms. The summed E-state index contributed by atoms with van der Waals surface area (Å²) in [5.41, 5.74) is 2.29. The summed E-state index contributed by atoms with van der Waals surface area (Å²) >= 11 is 1.28. The Hall–Kier alpha value is -3.39. The summed E-state index contributed by atoms with van der Waals surface area (Å²) in [6.45, 7) is 8.06. The molecule has 160 valence electrons. The van der Waals surface area contributed by atoms with Gasteiger partial charge in [-0.2, -0.15) is 0 Å². The minimum Gasteiger partial charge on any atom is -0.486 e. The van der Waals surface area contributed by atoms with Crippen LogP contribution in [0.25, 0.3) is 0 Å². The van der Waals surface area contributed by atoms with Crippen molar-refractivity contribution >= 4 is 29.1 Å². The largest absolute Gasteiger partial charge is 0.486 e. The molecule has 0 aliphatic carbocycles. The Morgan fingerprint density at radius 2 is 1.97 bits per heavy atom. The van der Waals surface area contributed by atoms with Gasteiger partial charge in [0.1, 0.15) is 12.4 Å². The molecule has 0 saturated carbocycles. The number of anilines is 1. The SMILES string of the molecule is C=CCn1c(COc2ccc(C)cc2)nnc1SCC(=O)Nc1cccc(C(C)=O)c1. The van der Waals surface area contributed by atoms with Gasteiger partial charge in [-0.3, -0.25) is 14.2 Å². The molecule has 0 saturated heterocycles. The van der Waals surface area contributed by atoms with E-state index in [0.29, 0.717) is 28.8 Å². The van der Waals surface area contributed by atoms with Crippen molar-refractivity contribution in [3.8, 4) is 5.75 Å². The van der Waals surface area contributed by atoms with E-state index < -0.39 is 0 Å². The number of ketones is 1. The van der Waals surface area contributed by atoms with Crippen LogP contribution in [0.15, 0.2) is 66.3 Å². The molecule has 0 unspecified atom stereocenters. The molecular weight excluding hydrogens is 412 g/mol. The maximum absolute atomic E-state index is 12.4. The minimum absolute atomic E-state index is 0.0524. The first-order valence-electron chi connectivity index (χ1n) is 9.72. The second-order valence-electron chi connectivity index (χ2n) is 6.87. The molecule has 0 spiro atoms. The van der Waals surface area contributed by atoms with Gasteiger partial charge in [0.05, 0.1) is 5.75 Å². The number of carbonyl (C=O) groups excluding carboxylic acids is 2. The highest BCUT2D eigenvalue weighted by atomic mass is 32.2. The number of aromatic nitrogens is 3. The zero-order valence-electron chi connectivity index (χ0n) is 17.5. The van der Waals surface area contributed by atoms with Gasteiger partial charge < -0.3 is 10.1 Å². The second kappa shape index (κ2) is 10.6. The third kappa shape index (κ3) is 6.29. The predicted molar refractivity (Wildman–Crippen MR) is 122 cm³/mol. The van der Waals surface area contributed by atoms with Crippen molar-refractivity contribution in [2.24, 2.45) is 0 Å². The number of nitrogens with zero attached hydrogens (tertiary/aromatic N) is 3. The summed E-state index contributed by atoms with van der Waals surface area (Å²) in [6, 6.07) is 14.6. The van der Waals surface area contributed by atoms with Crippen molar-refractivity contribution in [2.75, 3.05) is 11.1 Å². The van der Waals surface area contributed by atoms with E-state index in [1.165, 1.54) is 18.7 Å². The quantitative estimate of drug-likeness (QED) is 0.290. The molecule has 1 aromatic heterocycles. The molecule has 2 aromatic carbocycles. The third-order valence-electron chi connectivity index (χ3n) is 4.38. The fraction of sp³-hybridized carbons (Fsp3) is 0.217. The average Bonchev–Trinajstić information content (AvgIpc) is 3.14. The van der Waals surface area contributed by atoms with E-state index in [1.54, 1.807) is 30.3 Å². The molecule has 3 aromatic rings. The van der Waals surface area contributed by atoms with Gasteiger partial charge in [-0.1, -0.05) is 47.7 Å². The number of hydrogen-bond donors (Lipinski definition) is 1. The number of aryl methyl sites for hydroxylation is 1. The number of rotatable bonds is 10. The van der Waals surface area contributed by atoms with Gasteiger partial charge in [-0.15, -0.1) is 16.8 Å². The van der Waals surface area contributed by atoms with Crippen LogP contribution in [0.3, 0.4) is 0 Å². The smallest absolute Gasteiger partial charge is 0.234 e. The van der Waals surface area contributed by atoms with E-state index in [4.69, 9.17) is 4.74 Å². The van der Waals surface area contributed by atoms with Gasteiger partial charge in [0.25, 0.3) is 0 Å². The number of allylic oxidation sites excluding steroid dienone is 1. The fourth-order valence-corrected chi connectivity index (χ4v) is 3.54. The number of ether oxygens (including phenoxy) is 1. The monoisotopic (exact) mass is 436 g/mol. The topological polar surface area (TPSA) is 86.1 Å². The number of amides is 1. The molecule has 31 heavy (non-hydrogen) atoms. The Morgan fingerprint density at radius 1 is 1.19 bits per heavy atom. The molecule has 1 N–H and O–H groups in total. The predicted octanol–water partition coefficient (Wildman–Crippen LogP) is 4.28. The van der Waals surface area contributed by atoms with Crippen LogP contribution in [-0.2, 0) is 17.9 Å². The lowest BCUT2D eigenvalue weighted by atomic mass is 10.1. The molecule has 7 nitrogen and oxygen atoms in total. The highest BCUT2D eigenvalue weighted by Gasteiger charge is 2.14. The standard InChI is InChI=1S/C23H24N4O3S/c1-4-12-27-21(14-30-20-10-8-16(2)9-11-20)25-26-23(27)31-15-22(29)24-19-7-5-6-18(13-19)17(3)28/h4-11,13H,1,12,14-15H2,2-3H3,(H,24,29). The lowest BCUT2D eigenvalue weighted by Crippen LogP contribution is -2.15. The minimum atomic E-state index is -0.198. The molecule has 0 atom stereocenters. The molecule has 0 aliphatic rings. The van der Waals surface area contributed by atoms with Crippen LogP contribution in [-0.4, -0.2) is 32.2 Å². The van der Waals surface area contributed by atoms with E-state index >= 15 is 0 Å². The van der Waals surface area contributed by atoms with Crippen LogP contribution in [0.1, 0.15) is 28.7 Å². The maximum atomic E-state index is 12.4. The Kier molecular flexibility index (Phi) is 7.61. The first-order valence-corrected chi connectivity index (χ1v) is 10.7. The maximum Gasteiger partial charge on any atom is 0.234 e. The van der Waals surface area contributed by atoms with E-state index in [1.807, 2.05) is 35.8 Å². The number of hydrogen-bond acceptors (Lipinski definition) is 6. The first-order chi connectivity index (χ1) is 15.0. The molecule has 0 fully saturated rings. The molecule has 1 heterocycles. The fourth-order valence-electron chi connectivity index (χ4n) is 2.77. The molecule has 3 rings (SSSR count). The summed E-state index contributed by atoms with van der Waals surface area (Å²) in [4.78, 5) is 23.9. The second-order valence-corrected chi connectivity index (χ2v) is 7.82. The lowest BCUT2D eigenvalue weighted by Gasteiger charge is -2.10. The zero-order valence-corrected chi connectivity index (χ0v) is 18.3. The Balaban J connectivity index is 1.61. The Morgan fingerprint density at radius 3 is 2.68 bits per heavy atom. The average molecular weight is 437 g/mol. The van der Waals surface area contributed by atoms with Gasteiger partial charge in [0.2, 0.25) is 5.91 Å². The lowest BCUT2D eigenvalue weighted by molar-refractivity contribution is -0.113. The van der Waals surface area contributed by atoms with Crippen molar-refractivity contribution in [3.63, 3.8) is 0 Å². The highest BCUT2D eigenvalue weighted by Crippen LogP contribution is 2.20. The van der Waals surface area contributed by atoms with Gasteiger partial charge >= 0.3 is 0 Å². The summed E-state index contributed by atoms with van der Waals surface area (Å²) in [6.07, 6.45) is 1.75. The van der Waals surface area contributed by atoms with E-state index in [-0.39, 0.29) is 24.1 Å². The van der Waals surface area contributed by atoms with Crippen LogP contribution < -0.4 is 10.1 Å². The Labute approximate surface area is 185 Å². The number of carbonyl (C=O) groups is 2. The molecular formula is C23H24N4O3S. The van der Waals surface area contributed by atoms with Crippen LogP contribution in [0.4, 0.5) is 5.69 Å². The zero-order chi connectivity index (χ0) is 22.2. The summed E-state index contributed by atoms with van der Waals surface area (Å²) in [5.74, 6) is 1.30. The number of Topliss-reactive ketones (excluding diaryl/α,β-unsaturated/α-hetero) is 1. The summed E-state index contributed by atoms with van der Waals surface area (Å²) < 4.78 is 7.68. The molecule has 1 amide bonds. The normalized spacial score (nSPS) is 10.5. The molecule has 8 heteroatoms. The van der Waals surface area contributed by atoms with Crippen molar-refractivity contribution in [3.05, 3.63) is 78.1 Å². The summed E-state index contributed by atoms with van der Waals surface area (Å²) in [5, 5.41) is 11.8.